The van der Waals surface area contributed by atoms with Gasteiger partial charge >= 0.3 is 11.9 Å². The van der Waals surface area contributed by atoms with E-state index in [1.807, 2.05) is 18.2 Å². The lowest BCUT2D eigenvalue weighted by molar-refractivity contribution is -0.150. The number of anilines is 1. The van der Waals surface area contributed by atoms with Crippen LogP contribution in [0.2, 0.25) is 0 Å². The van der Waals surface area contributed by atoms with Gasteiger partial charge in [0.15, 0.2) is 5.78 Å². The minimum atomic E-state index is -1.23. The number of esters is 2. The summed E-state index contributed by atoms with van der Waals surface area (Å²) in [6.07, 6.45) is 0.133. The molecular weight excluding hydrogens is 518 g/mol. The Balaban J connectivity index is 1.83. The second-order valence-corrected chi connectivity index (χ2v) is 9.54. The maximum atomic E-state index is 14.5. The van der Waals surface area contributed by atoms with Crippen molar-refractivity contribution in [2.24, 2.45) is 11.7 Å². The quantitative estimate of drug-likeness (QED) is 0.367. The summed E-state index contributed by atoms with van der Waals surface area (Å²) in [5.41, 5.74) is 8.47. The number of halogens is 2. The average Bonchev–Trinajstić information content (AvgIpc) is 2.96. The Morgan fingerprint density at radius 1 is 0.875 bits per heavy atom. The number of ether oxygens (including phenoxy) is 2. The standard InChI is InChI=1S/C31H26F2N2O5/c1-39-30(37)25-22(17-7-4-3-5-8-17)16-23-26(28(25)36)24(18-11-13-19(32)14-12-18)27(31(38)40-2)29(34)35(23)21-10-6-9-20(33)15-21/h3-15,22,24-25H,16,34H2,1-2H3/t22-,24-,25+/m0/s1. The summed E-state index contributed by atoms with van der Waals surface area (Å²) >= 11 is 0. The summed E-state index contributed by atoms with van der Waals surface area (Å²) in [4.78, 5) is 42.3. The lowest BCUT2D eigenvalue weighted by Gasteiger charge is -2.44. The Morgan fingerprint density at radius 3 is 2.20 bits per heavy atom. The van der Waals surface area contributed by atoms with Gasteiger partial charge in [-0.25, -0.2) is 13.6 Å². The van der Waals surface area contributed by atoms with E-state index in [0.717, 1.165) is 5.56 Å². The van der Waals surface area contributed by atoms with E-state index in [-0.39, 0.29) is 29.1 Å². The molecule has 40 heavy (non-hydrogen) atoms. The number of allylic oxidation sites excluding steroid dienone is 2. The van der Waals surface area contributed by atoms with Gasteiger partial charge in [-0.15, -0.1) is 0 Å². The van der Waals surface area contributed by atoms with Gasteiger partial charge in [-0.1, -0.05) is 48.5 Å². The van der Waals surface area contributed by atoms with Gasteiger partial charge in [0.2, 0.25) is 0 Å². The van der Waals surface area contributed by atoms with Crippen LogP contribution in [0.1, 0.15) is 29.4 Å². The van der Waals surface area contributed by atoms with Crippen LogP contribution in [-0.2, 0) is 23.9 Å². The lowest BCUT2D eigenvalue weighted by Crippen LogP contribution is -2.46. The van der Waals surface area contributed by atoms with Crippen molar-refractivity contribution in [1.82, 2.24) is 0 Å². The predicted octanol–water partition coefficient (Wildman–Crippen LogP) is 4.71. The molecule has 0 fully saturated rings. The Kier molecular flexibility index (Phi) is 7.21. The van der Waals surface area contributed by atoms with Gasteiger partial charge in [-0.2, -0.15) is 0 Å². The summed E-state index contributed by atoms with van der Waals surface area (Å²) < 4.78 is 38.5. The number of Topliss-reactive ketones (excluding diaryl/α,β-unsaturated/α-hetero) is 1. The van der Waals surface area contributed by atoms with Crippen LogP contribution in [0.15, 0.2) is 102 Å². The van der Waals surface area contributed by atoms with E-state index in [1.165, 1.54) is 61.6 Å². The maximum absolute atomic E-state index is 14.5. The number of methoxy groups -OCH3 is 2. The molecule has 0 radical (unpaired) electrons. The molecule has 1 aliphatic heterocycles. The molecule has 9 heteroatoms. The van der Waals surface area contributed by atoms with E-state index in [1.54, 1.807) is 18.2 Å². The van der Waals surface area contributed by atoms with Crippen molar-refractivity contribution in [3.05, 3.63) is 124 Å². The molecule has 1 heterocycles. The molecule has 0 saturated heterocycles. The SMILES string of the molecule is COC(=O)C1=C(N)N(c2cccc(F)c2)C2=C(C(=O)[C@H](C(=O)OC)[C@H](c3ccccc3)C2)[C@@H]1c1ccc(F)cc1. The second kappa shape index (κ2) is 10.8. The molecule has 0 bridgehead atoms. The van der Waals surface area contributed by atoms with E-state index in [9.17, 15) is 23.2 Å². The second-order valence-electron chi connectivity index (χ2n) is 9.54. The lowest BCUT2D eigenvalue weighted by atomic mass is 9.67. The molecule has 0 saturated carbocycles. The number of hydrogen-bond acceptors (Lipinski definition) is 7. The van der Waals surface area contributed by atoms with Crippen molar-refractivity contribution in [2.45, 2.75) is 18.3 Å². The fourth-order valence-corrected chi connectivity index (χ4v) is 5.65. The van der Waals surface area contributed by atoms with Crippen LogP contribution in [0, 0.1) is 17.6 Å². The molecule has 5 rings (SSSR count). The summed E-state index contributed by atoms with van der Waals surface area (Å²) in [6.45, 7) is 0. The van der Waals surface area contributed by atoms with Crippen molar-refractivity contribution in [2.75, 3.05) is 19.1 Å². The summed E-state index contributed by atoms with van der Waals surface area (Å²) in [5.74, 6) is -6.23. The minimum absolute atomic E-state index is 0.0679. The molecule has 1 aliphatic carbocycles. The first-order valence-corrected chi connectivity index (χ1v) is 12.6. The monoisotopic (exact) mass is 544 g/mol. The molecule has 3 aromatic carbocycles. The van der Waals surface area contributed by atoms with Gasteiger partial charge < -0.3 is 15.2 Å². The fourth-order valence-electron chi connectivity index (χ4n) is 5.65. The van der Waals surface area contributed by atoms with Crippen molar-refractivity contribution in [3.8, 4) is 0 Å². The zero-order chi connectivity index (χ0) is 28.6. The smallest absolute Gasteiger partial charge is 0.338 e. The topological polar surface area (TPSA) is 98.9 Å². The molecule has 2 N–H and O–H groups in total. The highest BCUT2D eigenvalue weighted by Gasteiger charge is 2.51. The first-order chi connectivity index (χ1) is 19.3. The zero-order valence-electron chi connectivity index (χ0n) is 21.8. The predicted molar refractivity (Wildman–Crippen MR) is 143 cm³/mol. The highest BCUT2D eigenvalue weighted by atomic mass is 19.1. The number of rotatable bonds is 5. The van der Waals surface area contributed by atoms with Gasteiger partial charge in [-0.3, -0.25) is 14.5 Å². The number of nitrogens with two attached hydrogens (primary N) is 1. The van der Waals surface area contributed by atoms with Crippen molar-refractivity contribution < 1.29 is 32.6 Å². The number of hydrogen-bond donors (Lipinski definition) is 1. The van der Waals surface area contributed by atoms with Crippen LogP contribution in [0.3, 0.4) is 0 Å². The zero-order valence-corrected chi connectivity index (χ0v) is 21.8. The molecule has 0 spiro atoms. The fraction of sp³-hybridized carbons (Fsp3) is 0.194. The molecule has 0 aromatic heterocycles. The van der Waals surface area contributed by atoms with Crippen LogP contribution in [0.4, 0.5) is 14.5 Å². The Hall–Kier alpha value is -4.79. The van der Waals surface area contributed by atoms with E-state index in [0.29, 0.717) is 11.3 Å². The largest absolute Gasteiger partial charge is 0.468 e. The number of carbonyl (C=O) groups excluding carboxylic acids is 3. The van der Waals surface area contributed by atoms with E-state index in [2.05, 4.69) is 0 Å². The van der Waals surface area contributed by atoms with E-state index >= 15 is 0 Å². The number of ketones is 1. The van der Waals surface area contributed by atoms with Crippen LogP contribution in [0.25, 0.3) is 0 Å². The minimum Gasteiger partial charge on any atom is -0.468 e. The first-order valence-electron chi connectivity index (χ1n) is 12.6. The summed E-state index contributed by atoms with van der Waals surface area (Å²) in [6, 6.07) is 19.9. The third-order valence-corrected chi connectivity index (χ3v) is 7.40. The molecule has 0 unspecified atom stereocenters. The van der Waals surface area contributed by atoms with Crippen molar-refractivity contribution >= 4 is 23.4 Å². The molecule has 3 aromatic rings. The van der Waals surface area contributed by atoms with Gasteiger partial charge in [0.25, 0.3) is 0 Å². The van der Waals surface area contributed by atoms with Crippen LogP contribution < -0.4 is 10.6 Å². The first kappa shape index (κ1) is 26.8. The van der Waals surface area contributed by atoms with Crippen molar-refractivity contribution in [1.29, 1.82) is 0 Å². The summed E-state index contributed by atoms with van der Waals surface area (Å²) in [7, 11) is 2.38. The van der Waals surface area contributed by atoms with Crippen LogP contribution in [-0.4, -0.2) is 31.9 Å². The van der Waals surface area contributed by atoms with Gasteiger partial charge in [0, 0.05) is 17.2 Å². The Morgan fingerprint density at radius 2 is 1.57 bits per heavy atom. The number of nitrogens with zero attached hydrogens (tertiary/aromatic N) is 1. The summed E-state index contributed by atoms with van der Waals surface area (Å²) in [5, 5.41) is 0. The normalized spacial score (nSPS) is 20.8. The van der Waals surface area contributed by atoms with Gasteiger partial charge in [-0.05, 0) is 47.9 Å². The molecule has 204 valence electrons. The highest BCUT2D eigenvalue weighted by Crippen LogP contribution is 2.51. The van der Waals surface area contributed by atoms with Gasteiger partial charge in [0.05, 0.1) is 31.4 Å². The number of carbonyl (C=O) groups is 3. The van der Waals surface area contributed by atoms with E-state index in [4.69, 9.17) is 15.2 Å². The Labute approximate surface area is 229 Å². The average molecular weight is 545 g/mol. The van der Waals surface area contributed by atoms with E-state index < -0.39 is 47.1 Å². The third-order valence-electron chi connectivity index (χ3n) is 7.40. The highest BCUT2D eigenvalue weighted by molar-refractivity contribution is 6.14. The molecule has 2 aliphatic rings. The third kappa shape index (κ3) is 4.53. The molecule has 7 nitrogen and oxygen atoms in total. The number of benzene rings is 3. The maximum Gasteiger partial charge on any atom is 0.338 e. The van der Waals surface area contributed by atoms with Crippen LogP contribution in [0.5, 0.6) is 0 Å². The van der Waals surface area contributed by atoms with Gasteiger partial charge in [0.1, 0.15) is 23.4 Å². The Bertz CT molecular complexity index is 1550. The molecule has 3 atom stereocenters. The molecule has 0 amide bonds. The molecular formula is C31H26F2N2O5. The van der Waals surface area contributed by atoms with Crippen molar-refractivity contribution in [3.63, 3.8) is 0 Å². The van der Waals surface area contributed by atoms with Crippen LogP contribution >= 0.6 is 0 Å².